The molecule has 0 aromatic heterocycles. The van der Waals surface area contributed by atoms with Gasteiger partial charge in [-0.2, -0.15) is 0 Å². The van der Waals surface area contributed by atoms with Gasteiger partial charge in [0.15, 0.2) is 5.78 Å². The fourth-order valence-electron chi connectivity index (χ4n) is 4.38. The summed E-state index contributed by atoms with van der Waals surface area (Å²) in [5.41, 5.74) is 1.65. The highest BCUT2D eigenvalue weighted by atomic mass is 16.6. The van der Waals surface area contributed by atoms with E-state index in [4.69, 9.17) is 0 Å². The monoisotopic (exact) mass is 341 g/mol. The summed E-state index contributed by atoms with van der Waals surface area (Å²) in [4.78, 5) is 22.5. The SMILES string of the molecule is CC(C)(C)C1(C(C)(C)C)C=CC(=O)C=C1Cc1ccc([N+](=O)[O-])cc1. The molecule has 134 valence electrons. The predicted molar refractivity (Wildman–Crippen MR) is 100 cm³/mol. The summed E-state index contributed by atoms with van der Waals surface area (Å²) in [5.74, 6) is 0.000960. The molecule has 0 N–H and O–H groups in total. The van der Waals surface area contributed by atoms with Crippen LogP contribution in [0.5, 0.6) is 0 Å². The molecule has 1 aliphatic rings. The number of rotatable bonds is 3. The minimum absolute atomic E-state index is 0.000960. The molecule has 0 amide bonds. The van der Waals surface area contributed by atoms with Gasteiger partial charge in [0.25, 0.3) is 5.69 Å². The van der Waals surface area contributed by atoms with Crippen LogP contribution in [0.4, 0.5) is 5.69 Å². The molecule has 0 atom stereocenters. The Kier molecular flexibility index (Phi) is 4.77. The lowest BCUT2D eigenvalue weighted by Crippen LogP contribution is -2.48. The molecule has 1 aliphatic carbocycles. The Morgan fingerprint density at radius 2 is 1.52 bits per heavy atom. The van der Waals surface area contributed by atoms with Gasteiger partial charge in [-0.15, -0.1) is 0 Å². The van der Waals surface area contributed by atoms with E-state index in [1.54, 1.807) is 24.3 Å². The topological polar surface area (TPSA) is 60.2 Å². The molecule has 0 heterocycles. The summed E-state index contributed by atoms with van der Waals surface area (Å²) in [6.45, 7) is 13.2. The number of carbonyl (C=O) groups is 1. The number of nitro groups is 1. The summed E-state index contributed by atoms with van der Waals surface area (Å²) >= 11 is 0. The minimum Gasteiger partial charge on any atom is -0.290 e. The average Bonchev–Trinajstić information content (AvgIpc) is 2.45. The molecule has 0 saturated carbocycles. The third kappa shape index (κ3) is 3.44. The van der Waals surface area contributed by atoms with E-state index < -0.39 is 4.92 Å². The molecule has 0 unspecified atom stereocenters. The van der Waals surface area contributed by atoms with Crippen LogP contribution in [0.25, 0.3) is 0 Å². The summed E-state index contributed by atoms with van der Waals surface area (Å²) in [7, 11) is 0. The van der Waals surface area contributed by atoms with Crippen molar-refractivity contribution in [1.82, 2.24) is 0 Å². The first-order valence-corrected chi connectivity index (χ1v) is 8.56. The van der Waals surface area contributed by atoms with Crippen molar-refractivity contribution in [2.75, 3.05) is 0 Å². The van der Waals surface area contributed by atoms with Gasteiger partial charge in [0.05, 0.1) is 4.92 Å². The number of nitrogens with zero attached hydrogens (tertiary/aromatic N) is 1. The van der Waals surface area contributed by atoms with Crippen molar-refractivity contribution in [3.05, 3.63) is 63.7 Å². The Morgan fingerprint density at radius 1 is 1.00 bits per heavy atom. The van der Waals surface area contributed by atoms with Crippen LogP contribution in [0, 0.1) is 26.4 Å². The number of benzene rings is 1. The number of ketones is 1. The van der Waals surface area contributed by atoms with E-state index in [0.29, 0.717) is 6.42 Å². The quantitative estimate of drug-likeness (QED) is 0.555. The molecule has 0 aliphatic heterocycles. The lowest BCUT2D eigenvalue weighted by atomic mass is 9.49. The van der Waals surface area contributed by atoms with E-state index >= 15 is 0 Å². The second-order valence-corrected chi connectivity index (χ2v) is 8.81. The van der Waals surface area contributed by atoms with Gasteiger partial charge in [-0.05, 0) is 35.0 Å². The van der Waals surface area contributed by atoms with Gasteiger partial charge in [-0.25, -0.2) is 0 Å². The van der Waals surface area contributed by atoms with Crippen LogP contribution < -0.4 is 0 Å². The first-order valence-electron chi connectivity index (χ1n) is 8.56. The standard InChI is InChI=1S/C21H27NO3/c1-19(2,3)21(20(4,5)6)12-11-18(23)14-16(21)13-15-7-9-17(10-8-15)22(24)25/h7-12,14H,13H2,1-6H3. The number of allylic oxidation sites excluding steroid dienone is 4. The second-order valence-electron chi connectivity index (χ2n) is 8.81. The molecule has 0 fully saturated rings. The van der Waals surface area contributed by atoms with Crippen molar-refractivity contribution >= 4 is 11.5 Å². The number of non-ortho nitro benzene ring substituents is 1. The number of carbonyl (C=O) groups excluding carboxylic acids is 1. The van der Waals surface area contributed by atoms with Gasteiger partial charge in [0, 0.05) is 17.5 Å². The Balaban J connectivity index is 2.51. The van der Waals surface area contributed by atoms with Crippen molar-refractivity contribution in [2.45, 2.75) is 48.0 Å². The summed E-state index contributed by atoms with van der Waals surface area (Å²) in [6, 6.07) is 6.59. The molecule has 25 heavy (non-hydrogen) atoms. The third-order valence-corrected chi connectivity index (χ3v) is 5.23. The molecular formula is C21H27NO3. The second kappa shape index (κ2) is 6.25. The van der Waals surface area contributed by atoms with E-state index in [1.807, 2.05) is 0 Å². The fraction of sp³-hybridized carbons (Fsp3) is 0.476. The summed E-state index contributed by atoms with van der Waals surface area (Å²) in [5, 5.41) is 10.9. The zero-order chi connectivity index (χ0) is 19.0. The normalized spacial score (nSPS) is 17.4. The van der Waals surface area contributed by atoms with Crippen LogP contribution >= 0.6 is 0 Å². The number of nitro benzene ring substituents is 1. The van der Waals surface area contributed by atoms with Gasteiger partial charge >= 0.3 is 0 Å². The van der Waals surface area contributed by atoms with Crippen molar-refractivity contribution < 1.29 is 9.72 Å². The molecule has 0 saturated heterocycles. The maximum absolute atomic E-state index is 12.1. The van der Waals surface area contributed by atoms with Gasteiger partial charge in [0.1, 0.15) is 0 Å². The maximum atomic E-state index is 12.1. The van der Waals surface area contributed by atoms with Gasteiger partial charge < -0.3 is 0 Å². The highest BCUT2D eigenvalue weighted by molar-refractivity contribution is 6.01. The van der Waals surface area contributed by atoms with Crippen LogP contribution in [0.1, 0.15) is 47.1 Å². The summed E-state index contributed by atoms with van der Waals surface area (Å²) < 4.78 is 0. The molecule has 2 rings (SSSR count). The van der Waals surface area contributed by atoms with E-state index in [1.165, 1.54) is 12.1 Å². The van der Waals surface area contributed by atoms with Crippen LogP contribution in [-0.4, -0.2) is 10.7 Å². The van der Waals surface area contributed by atoms with Crippen LogP contribution in [0.2, 0.25) is 0 Å². The minimum atomic E-state index is -0.398. The smallest absolute Gasteiger partial charge is 0.269 e. The molecular weight excluding hydrogens is 314 g/mol. The van der Waals surface area contributed by atoms with Crippen LogP contribution in [-0.2, 0) is 11.2 Å². The number of hydrogen-bond acceptors (Lipinski definition) is 3. The molecule has 1 aromatic carbocycles. The van der Waals surface area contributed by atoms with Crippen molar-refractivity contribution in [1.29, 1.82) is 0 Å². The molecule has 0 spiro atoms. The first-order chi connectivity index (χ1) is 11.4. The van der Waals surface area contributed by atoms with Crippen LogP contribution in [0.15, 0.2) is 48.1 Å². The highest BCUT2D eigenvalue weighted by Crippen LogP contribution is 2.58. The van der Waals surface area contributed by atoms with E-state index in [2.05, 4.69) is 47.6 Å². The average molecular weight is 341 g/mol. The van der Waals surface area contributed by atoms with Gasteiger partial charge in [0.2, 0.25) is 0 Å². The zero-order valence-electron chi connectivity index (χ0n) is 15.9. The highest BCUT2D eigenvalue weighted by Gasteiger charge is 2.52. The zero-order valence-corrected chi connectivity index (χ0v) is 15.9. The lowest BCUT2D eigenvalue weighted by molar-refractivity contribution is -0.384. The maximum Gasteiger partial charge on any atom is 0.269 e. The van der Waals surface area contributed by atoms with Crippen molar-refractivity contribution in [3.8, 4) is 0 Å². The van der Waals surface area contributed by atoms with E-state index in [0.717, 1.165) is 11.1 Å². The number of hydrogen-bond donors (Lipinski definition) is 0. The van der Waals surface area contributed by atoms with E-state index in [-0.39, 0.29) is 27.7 Å². The molecule has 4 nitrogen and oxygen atoms in total. The van der Waals surface area contributed by atoms with Crippen LogP contribution in [0.3, 0.4) is 0 Å². The molecule has 0 bridgehead atoms. The first kappa shape index (κ1) is 19.1. The predicted octanol–water partition coefficient (Wildman–Crippen LogP) is 5.28. The largest absolute Gasteiger partial charge is 0.290 e. The summed E-state index contributed by atoms with van der Waals surface area (Å²) in [6.07, 6.45) is 6.09. The Bertz CT molecular complexity index is 727. The van der Waals surface area contributed by atoms with Crippen molar-refractivity contribution in [3.63, 3.8) is 0 Å². The Labute approximate surface area is 149 Å². The Morgan fingerprint density at radius 3 is 1.96 bits per heavy atom. The molecule has 0 radical (unpaired) electrons. The fourth-order valence-corrected chi connectivity index (χ4v) is 4.38. The van der Waals surface area contributed by atoms with E-state index in [9.17, 15) is 14.9 Å². The molecule has 1 aromatic rings. The van der Waals surface area contributed by atoms with Crippen molar-refractivity contribution in [2.24, 2.45) is 16.2 Å². The Hall–Kier alpha value is -2.23. The molecule has 4 heteroatoms. The van der Waals surface area contributed by atoms with Gasteiger partial charge in [-0.1, -0.05) is 65.3 Å². The third-order valence-electron chi connectivity index (χ3n) is 5.23. The van der Waals surface area contributed by atoms with Gasteiger partial charge in [-0.3, -0.25) is 14.9 Å². The lowest BCUT2D eigenvalue weighted by Gasteiger charge is -2.54.